The Morgan fingerprint density at radius 1 is 1.11 bits per heavy atom. The molecular formula is C21H34N4O2. The van der Waals surface area contributed by atoms with Crippen LogP contribution in [0.1, 0.15) is 19.8 Å². The highest BCUT2D eigenvalue weighted by Gasteiger charge is 2.27. The van der Waals surface area contributed by atoms with E-state index in [9.17, 15) is 4.79 Å². The van der Waals surface area contributed by atoms with Gasteiger partial charge in [0.15, 0.2) is 0 Å². The molecule has 0 spiro atoms. The summed E-state index contributed by atoms with van der Waals surface area (Å²) in [6, 6.07) is 10.8. The average Bonchev–Trinajstić information content (AvgIpc) is 2.73. The zero-order valence-corrected chi connectivity index (χ0v) is 16.8. The molecule has 3 rings (SSSR count). The maximum Gasteiger partial charge on any atom is 0.239 e. The monoisotopic (exact) mass is 374 g/mol. The summed E-state index contributed by atoms with van der Waals surface area (Å²) in [7, 11) is 1.75. The molecule has 0 radical (unpaired) electrons. The molecule has 27 heavy (non-hydrogen) atoms. The van der Waals surface area contributed by atoms with E-state index in [1.807, 2.05) is 17.9 Å². The molecule has 0 bridgehead atoms. The van der Waals surface area contributed by atoms with Crippen molar-refractivity contribution in [2.45, 2.75) is 31.8 Å². The number of anilines is 1. The molecule has 2 aliphatic heterocycles. The predicted molar refractivity (Wildman–Crippen MR) is 109 cm³/mol. The van der Waals surface area contributed by atoms with E-state index >= 15 is 0 Å². The second-order valence-corrected chi connectivity index (χ2v) is 7.64. The highest BCUT2D eigenvalue weighted by Crippen LogP contribution is 2.16. The van der Waals surface area contributed by atoms with E-state index in [4.69, 9.17) is 4.74 Å². The quantitative estimate of drug-likeness (QED) is 0.782. The lowest BCUT2D eigenvalue weighted by molar-refractivity contribution is -0.133. The summed E-state index contributed by atoms with van der Waals surface area (Å²) >= 11 is 0. The van der Waals surface area contributed by atoms with Gasteiger partial charge < -0.3 is 24.8 Å². The number of carbonyl (C=O) groups excluding carboxylic acids is 1. The number of hydrogen-bond acceptors (Lipinski definition) is 5. The van der Waals surface area contributed by atoms with Crippen LogP contribution < -0.4 is 10.2 Å². The van der Waals surface area contributed by atoms with Gasteiger partial charge >= 0.3 is 0 Å². The first-order valence-corrected chi connectivity index (χ1v) is 10.2. The predicted octanol–water partition coefficient (Wildman–Crippen LogP) is 1.42. The molecule has 1 aromatic rings. The van der Waals surface area contributed by atoms with Gasteiger partial charge in [-0.2, -0.15) is 0 Å². The van der Waals surface area contributed by atoms with Gasteiger partial charge in [0, 0.05) is 51.6 Å². The summed E-state index contributed by atoms with van der Waals surface area (Å²) in [5.74, 6) is 0.240. The van der Waals surface area contributed by atoms with Crippen molar-refractivity contribution in [1.82, 2.24) is 15.1 Å². The van der Waals surface area contributed by atoms with Crippen LogP contribution in [0.25, 0.3) is 0 Å². The molecule has 0 saturated carbocycles. The maximum absolute atomic E-state index is 12.8. The van der Waals surface area contributed by atoms with Gasteiger partial charge in [-0.25, -0.2) is 0 Å². The van der Waals surface area contributed by atoms with Crippen molar-refractivity contribution < 1.29 is 9.53 Å². The Morgan fingerprint density at radius 3 is 2.41 bits per heavy atom. The molecule has 2 fully saturated rings. The number of nitrogens with zero attached hydrogens (tertiary/aromatic N) is 3. The van der Waals surface area contributed by atoms with Crippen molar-refractivity contribution in [3.63, 3.8) is 0 Å². The highest BCUT2D eigenvalue weighted by atomic mass is 16.5. The Hall–Kier alpha value is -1.63. The van der Waals surface area contributed by atoms with E-state index in [0.29, 0.717) is 6.04 Å². The number of hydrogen-bond donors (Lipinski definition) is 1. The summed E-state index contributed by atoms with van der Waals surface area (Å²) in [6.45, 7) is 9.38. The second-order valence-electron chi connectivity index (χ2n) is 7.64. The van der Waals surface area contributed by atoms with E-state index in [1.165, 1.54) is 5.69 Å². The molecule has 150 valence electrons. The van der Waals surface area contributed by atoms with E-state index in [1.54, 1.807) is 7.11 Å². The van der Waals surface area contributed by atoms with Crippen molar-refractivity contribution in [2.24, 2.45) is 0 Å². The van der Waals surface area contributed by atoms with Gasteiger partial charge in [0.1, 0.15) is 0 Å². The molecule has 1 N–H and O–H groups in total. The standard InChI is InChI=1S/C21H34N4O2/c1-18(22-19-8-10-23(11-9-19)16-17-27-2)21(26)25-14-12-24(13-15-25)20-6-4-3-5-7-20/h3-7,18-19,22H,8-17H2,1-2H3/t18-/m0/s1. The van der Waals surface area contributed by atoms with Crippen LogP contribution in [0.3, 0.4) is 0 Å². The van der Waals surface area contributed by atoms with Gasteiger partial charge in [0.25, 0.3) is 0 Å². The van der Waals surface area contributed by atoms with Crippen LogP contribution in [0.2, 0.25) is 0 Å². The van der Waals surface area contributed by atoms with Crippen LogP contribution in [-0.2, 0) is 9.53 Å². The summed E-state index contributed by atoms with van der Waals surface area (Å²) in [4.78, 5) is 19.7. The number of nitrogens with one attached hydrogen (secondary N) is 1. The number of piperazine rings is 1. The molecule has 1 aromatic carbocycles. The van der Waals surface area contributed by atoms with Gasteiger partial charge in [0.05, 0.1) is 12.6 Å². The number of methoxy groups -OCH3 is 1. The maximum atomic E-state index is 12.8. The Kier molecular flexibility index (Phi) is 7.50. The minimum absolute atomic E-state index is 0.108. The fraction of sp³-hybridized carbons (Fsp3) is 0.667. The van der Waals surface area contributed by atoms with Crippen molar-refractivity contribution in [3.8, 4) is 0 Å². The Labute approximate surface area is 163 Å². The van der Waals surface area contributed by atoms with E-state index < -0.39 is 0 Å². The number of rotatable bonds is 7. The molecule has 6 nitrogen and oxygen atoms in total. The van der Waals surface area contributed by atoms with E-state index in [0.717, 1.165) is 65.3 Å². The minimum Gasteiger partial charge on any atom is -0.383 e. The van der Waals surface area contributed by atoms with Crippen LogP contribution in [0, 0.1) is 0 Å². The van der Waals surface area contributed by atoms with E-state index in [-0.39, 0.29) is 11.9 Å². The third kappa shape index (κ3) is 5.67. The molecular weight excluding hydrogens is 340 g/mol. The Morgan fingerprint density at radius 2 is 1.78 bits per heavy atom. The van der Waals surface area contributed by atoms with Crippen LogP contribution in [0.15, 0.2) is 30.3 Å². The second kappa shape index (κ2) is 10.1. The number of benzene rings is 1. The Balaban J connectivity index is 1.40. The lowest BCUT2D eigenvalue weighted by atomic mass is 10.0. The third-order valence-corrected chi connectivity index (χ3v) is 5.77. The molecule has 2 saturated heterocycles. The number of likely N-dealkylation sites (tertiary alicyclic amines) is 1. The topological polar surface area (TPSA) is 48.1 Å². The first-order valence-electron chi connectivity index (χ1n) is 10.2. The zero-order valence-electron chi connectivity index (χ0n) is 16.8. The van der Waals surface area contributed by atoms with Crippen molar-refractivity contribution in [2.75, 3.05) is 64.4 Å². The number of piperidine rings is 1. The number of para-hydroxylation sites is 1. The van der Waals surface area contributed by atoms with Crippen LogP contribution >= 0.6 is 0 Å². The zero-order chi connectivity index (χ0) is 19.1. The highest BCUT2D eigenvalue weighted by molar-refractivity contribution is 5.81. The Bertz CT molecular complexity index is 567. The summed E-state index contributed by atoms with van der Waals surface area (Å²) in [5, 5.41) is 3.57. The molecule has 0 aliphatic carbocycles. The normalized spacial score (nSPS) is 20.7. The SMILES string of the molecule is COCCN1CCC(N[C@@H](C)C(=O)N2CCN(c3ccccc3)CC2)CC1. The van der Waals surface area contributed by atoms with Crippen LogP contribution in [-0.4, -0.2) is 87.3 Å². The van der Waals surface area contributed by atoms with Crippen molar-refractivity contribution in [3.05, 3.63) is 30.3 Å². The van der Waals surface area contributed by atoms with Gasteiger partial charge in [0.2, 0.25) is 5.91 Å². The molecule has 0 unspecified atom stereocenters. The summed E-state index contributed by atoms with van der Waals surface area (Å²) in [6.07, 6.45) is 2.20. The lowest BCUT2D eigenvalue weighted by Crippen LogP contribution is -2.55. The van der Waals surface area contributed by atoms with E-state index in [2.05, 4.69) is 39.4 Å². The molecule has 1 atom stereocenters. The van der Waals surface area contributed by atoms with Crippen molar-refractivity contribution >= 4 is 11.6 Å². The average molecular weight is 375 g/mol. The first kappa shape index (κ1) is 20.1. The number of amides is 1. The van der Waals surface area contributed by atoms with Crippen LogP contribution in [0.4, 0.5) is 5.69 Å². The first-order chi connectivity index (χ1) is 13.2. The molecule has 6 heteroatoms. The minimum atomic E-state index is -0.108. The molecule has 1 amide bonds. The van der Waals surface area contributed by atoms with Gasteiger partial charge in [-0.15, -0.1) is 0 Å². The van der Waals surface area contributed by atoms with Gasteiger partial charge in [-0.1, -0.05) is 18.2 Å². The summed E-state index contributed by atoms with van der Waals surface area (Å²) < 4.78 is 5.16. The van der Waals surface area contributed by atoms with Crippen LogP contribution in [0.5, 0.6) is 0 Å². The lowest BCUT2D eigenvalue weighted by Gasteiger charge is -2.38. The third-order valence-electron chi connectivity index (χ3n) is 5.77. The largest absolute Gasteiger partial charge is 0.383 e. The molecule has 0 aromatic heterocycles. The summed E-state index contributed by atoms with van der Waals surface area (Å²) in [5.41, 5.74) is 1.25. The smallest absolute Gasteiger partial charge is 0.239 e. The molecule has 2 heterocycles. The van der Waals surface area contributed by atoms with Crippen molar-refractivity contribution in [1.29, 1.82) is 0 Å². The van der Waals surface area contributed by atoms with Gasteiger partial charge in [-0.05, 0) is 45.0 Å². The number of ether oxygens (including phenoxy) is 1. The fourth-order valence-corrected chi connectivity index (χ4v) is 4.07. The fourth-order valence-electron chi connectivity index (χ4n) is 4.07. The molecule has 2 aliphatic rings. The number of carbonyl (C=O) groups is 1. The van der Waals surface area contributed by atoms with Gasteiger partial charge in [-0.3, -0.25) is 4.79 Å².